The van der Waals surface area contributed by atoms with Gasteiger partial charge in [0.1, 0.15) is 6.61 Å². The van der Waals surface area contributed by atoms with Crippen LogP contribution in [0.25, 0.3) is 0 Å². The number of nitrogens with two attached hydrogens (primary N) is 1. The SMILES string of the molecule is CC/C=C\C/C=C\C/C=C\C/C=C\C/C=C\C/C=C\C/C=C\CCCCCCCCCCCCCCCCCC(=O)OC(COC(=O)CCCCCCC/C=C\CCCCCCC)COP(=O)(O)OCCN. The molecule has 10 heteroatoms. The zero-order valence-corrected chi connectivity index (χ0v) is 47.0. The molecule has 2 unspecified atom stereocenters. The van der Waals surface area contributed by atoms with Crippen LogP contribution in [0, 0.1) is 0 Å². The Hall–Kier alpha value is -3.07. The van der Waals surface area contributed by atoms with E-state index < -0.39 is 26.5 Å². The third-order valence-corrected chi connectivity index (χ3v) is 13.2. The lowest BCUT2D eigenvalue weighted by molar-refractivity contribution is -0.161. The van der Waals surface area contributed by atoms with Crippen LogP contribution in [0.15, 0.2) is 97.2 Å². The van der Waals surface area contributed by atoms with E-state index in [0.717, 1.165) is 103 Å². The lowest BCUT2D eigenvalue weighted by Crippen LogP contribution is -2.29. The number of hydrogen-bond donors (Lipinski definition) is 2. The summed E-state index contributed by atoms with van der Waals surface area (Å²) in [5, 5.41) is 0. The molecule has 9 nitrogen and oxygen atoms in total. The highest BCUT2D eigenvalue weighted by atomic mass is 31.2. The highest BCUT2D eigenvalue weighted by Gasteiger charge is 2.26. The number of esters is 2. The molecule has 72 heavy (non-hydrogen) atoms. The van der Waals surface area contributed by atoms with Gasteiger partial charge in [0.15, 0.2) is 6.10 Å². The summed E-state index contributed by atoms with van der Waals surface area (Å²) in [6.45, 7) is 3.61. The molecule has 0 fully saturated rings. The molecule has 0 aliphatic carbocycles. The Labute approximate surface area is 442 Å². The van der Waals surface area contributed by atoms with Crippen LogP contribution in [-0.2, 0) is 32.7 Å². The molecule has 0 bridgehead atoms. The number of phosphoric ester groups is 1. The Bertz CT molecular complexity index is 1500. The Kier molecular flexibility index (Phi) is 54.8. The molecular weight excluding hydrogens is 918 g/mol. The Morgan fingerprint density at radius 3 is 1.15 bits per heavy atom. The van der Waals surface area contributed by atoms with Crippen molar-refractivity contribution in [3.63, 3.8) is 0 Å². The molecule has 2 atom stereocenters. The van der Waals surface area contributed by atoms with Gasteiger partial charge in [0.05, 0.1) is 13.2 Å². The topological polar surface area (TPSA) is 134 Å². The number of rotatable bonds is 54. The Balaban J connectivity index is 3.89. The minimum absolute atomic E-state index is 0.0499. The molecule has 0 rings (SSSR count). The molecule has 0 heterocycles. The average molecular weight is 1030 g/mol. The number of phosphoric acid groups is 1. The fourth-order valence-corrected chi connectivity index (χ4v) is 8.67. The maximum atomic E-state index is 12.7. The number of allylic oxidation sites excluding steroid dienone is 16. The summed E-state index contributed by atoms with van der Waals surface area (Å²) in [6.07, 6.45) is 76.2. The molecule has 3 N–H and O–H groups in total. The van der Waals surface area contributed by atoms with Crippen LogP contribution < -0.4 is 5.73 Å². The molecule has 0 saturated heterocycles. The van der Waals surface area contributed by atoms with Crippen molar-refractivity contribution in [3.05, 3.63) is 97.2 Å². The number of carbonyl (C=O) groups is 2. The van der Waals surface area contributed by atoms with Crippen LogP contribution in [0.2, 0.25) is 0 Å². The molecule has 0 aromatic heterocycles. The number of unbranched alkanes of at least 4 members (excludes halogenated alkanes) is 25. The van der Waals surface area contributed by atoms with E-state index >= 15 is 0 Å². The molecule has 0 radical (unpaired) electrons. The first-order chi connectivity index (χ1) is 35.3. The molecule has 414 valence electrons. The van der Waals surface area contributed by atoms with Crippen molar-refractivity contribution in [1.29, 1.82) is 0 Å². The third kappa shape index (κ3) is 56.2. The van der Waals surface area contributed by atoms with Gasteiger partial charge in [-0.3, -0.25) is 18.6 Å². The fourth-order valence-electron chi connectivity index (χ4n) is 7.91. The van der Waals surface area contributed by atoms with Gasteiger partial charge in [-0.05, 0) is 96.3 Å². The van der Waals surface area contributed by atoms with Crippen molar-refractivity contribution in [1.82, 2.24) is 0 Å². The van der Waals surface area contributed by atoms with Gasteiger partial charge in [-0.25, -0.2) is 4.57 Å². The number of carbonyl (C=O) groups excluding carboxylic acids is 2. The van der Waals surface area contributed by atoms with Crippen molar-refractivity contribution >= 4 is 19.8 Å². The van der Waals surface area contributed by atoms with Gasteiger partial charge in [0.2, 0.25) is 0 Å². The molecule has 0 aromatic rings. The van der Waals surface area contributed by atoms with Crippen LogP contribution in [0.5, 0.6) is 0 Å². The van der Waals surface area contributed by atoms with E-state index in [2.05, 4.69) is 111 Å². The van der Waals surface area contributed by atoms with Crippen LogP contribution >= 0.6 is 7.82 Å². The van der Waals surface area contributed by atoms with E-state index in [1.807, 2.05) is 0 Å². The normalized spacial score (nSPS) is 13.8. The van der Waals surface area contributed by atoms with Crippen LogP contribution in [-0.4, -0.2) is 49.3 Å². The first-order valence-electron chi connectivity index (χ1n) is 29.2. The maximum absolute atomic E-state index is 12.7. The summed E-state index contributed by atoms with van der Waals surface area (Å²) in [7, 11) is -4.39. The Morgan fingerprint density at radius 1 is 0.431 bits per heavy atom. The molecule has 0 aliphatic rings. The molecule has 0 aliphatic heterocycles. The first kappa shape index (κ1) is 68.9. The molecule has 0 spiro atoms. The predicted molar refractivity (Wildman–Crippen MR) is 307 cm³/mol. The number of hydrogen-bond acceptors (Lipinski definition) is 8. The largest absolute Gasteiger partial charge is 0.472 e. The first-order valence-corrected chi connectivity index (χ1v) is 30.7. The zero-order valence-electron chi connectivity index (χ0n) is 46.1. The molecule has 0 saturated carbocycles. The fraction of sp³-hybridized carbons (Fsp3) is 0.710. The van der Waals surface area contributed by atoms with Gasteiger partial charge in [-0.1, -0.05) is 239 Å². The summed E-state index contributed by atoms with van der Waals surface area (Å²) in [6, 6.07) is 0. The predicted octanol–water partition coefficient (Wildman–Crippen LogP) is 18.5. The van der Waals surface area contributed by atoms with E-state index in [1.165, 1.54) is 116 Å². The van der Waals surface area contributed by atoms with Crippen LogP contribution in [0.1, 0.15) is 251 Å². The summed E-state index contributed by atoms with van der Waals surface area (Å²) in [5.41, 5.74) is 5.37. The summed E-state index contributed by atoms with van der Waals surface area (Å²) < 4.78 is 33.0. The minimum atomic E-state index is -4.39. The maximum Gasteiger partial charge on any atom is 0.472 e. The summed E-state index contributed by atoms with van der Waals surface area (Å²) in [4.78, 5) is 35.1. The van der Waals surface area contributed by atoms with Gasteiger partial charge in [-0.2, -0.15) is 0 Å². The monoisotopic (exact) mass is 1030 g/mol. The van der Waals surface area contributed by atoms with Gasteiger partial charge < -0.3 is 20.1 Å². The lowest BCUT2D eigenvalue weighted by atomic mass is 10.0. The van der Waals surface area contributed by atoms with E-state index in [1.54, 1.807) is 0 Å². The molecule has 0 amide bonds. The second-order valence-corrected chi connectivity index (χ2v) is 20.6. The third-order valence-electron chi connectivity index (χ3n) is 12.2. The second-order valence-electron chi connectivity index (χ2n) is 19.1. The quantitative estimate of drug-likeness (QED) is 0.0264. The molecular formula is C62H108NO8P. The van der Waals surface area contributed by atoms with Crippen molar-refractivity contribution in [2.45, 2.75) is 258 Å². The highest BCUT2D eigenvalue weighted by Crippen LogP contribution is 2.43. The van der Waals surface area contributed by atoms with Crippen LogP contribution in [0.3, 0.4) is 0 Å². The van der Waals surface area contributed by atoms with Gasteiger partial charge in [0, 0.05) is 19.4 Å². The zero-order chi connectivity index (χ0) is 52.4. The van der Waals surface area contributed by atoms with Crippen molar-refractivity contribution in [2.24, 2.45) is 5.73 Å². The van der Waals surface area contributed by atoms with E-state index in [9.17, 15) is 19.0 Å². The van der Waals surface area contributed by atoms with Crippen molar-refractivity contribution in [2.75, 3.05) is 26.4 Å². The minimum Gasteiger partial charge on any atom is -0.462 e. The standard InChI is InChI=1S/C62H108NO8P/c1-3-5-7-9-11-13-15-17-19-20-21-22-23-24-25-26-27-28-29-30-31-32-33-34-35-36-37-38-39-40-41-43-45-47-49-51-53-55-62(65)71-60(59-70-72(66,67)69-57-56-63)58-68-61(64)54-52-50-48-46-44-42-18-16-14-12-10-8-6-4-2/h5,7,11,13,16-19,21-22,24-25,27-28,30-31,60H,3-4,6,8-10,12,14-15,20,23,26,29,32-59,63H2,1-2H3,(H,66,67)/b7-5-,13-11-,18-16-,19-17-,22-21-,25-24-,28-27-,31-30-. The van der Waals surface area contributed by atoms with E-state index in [4.69, 9.17) is 24.3 Å². The van der Waals surface area contributed by atoms with E-state index in [-0.39, 0.29) is 38.6 Å². The average Bonchev–Trinajstić information content (AvgIpc) is 3.37. The summed E-state index contributed by atoms with van der Waals surface area (Å²) >= 11 is 0. The van der Waals surface area contributed by atoms with Gasteiger partial charge >= 0.3 is 19.8 Å². The van der Waals surface area contributed by atoms with Crippen molar-refractivity contribution < 1.29 is 37.6 Å². The van der Waals surface area contributed by atoms with Gasteiger partial charge in [0.25, 0.3) is 0 Å². The Morgan fingerprint density at radius 2 is 0.764 bits per heavy atom. The lowest BCUT2D eigenvalue weighted by Gasteiger charge is -2.19. The van der Waals surface area contributed by atoms with Crippen LogP contribution in [0.4, 0.5) is 0 Å². The smallest absolute Gasteiger partial charge is 0.462 e. The number of ether oxygens (including phenoxy) is 2. The summed E-state index contributed by atoms with van der Waals surface area (Å²) in [5.74, 6) is -0.837. The highest BCUT2D eigenvalue weighted by molar-refractivity contribution is 7.47. The van der Waals surface area contributed by atoms with Gasteiger partial charge in [-0.15, -0.1) is 0 Å². The second kappa shape index (κ2) is 57.2. The molecule has 0 aromatic carbocycles. The van der Waals surface area contributed by atoms with Crippen molar-refractivity contribution in [3.8, 4) is 0 Å². The van der Waals surface area contributed by atoms with E-state index in [0.29, 0.717) is 6.42 Å².